The number of carboxylic acids is 1. The molecule has 1 aromatic rings. The van der Waals surface area contributed by atoms with Crippen LogP contribution < -0.4 is 5.32 Å². The number of nitrogens with zero attached hydrogens (tertiary/aromatic N) is 1. The van der Waals surface area contributed by atoms with E-state index in [0.717, 1.165) is 6.54 Å². The van der Waals surface area contributed by atoms with E-state index >= 15 is 0 Å². The summed E-state index contributed by atoms with van der Waals surface area (Å²) in [5, 5.41) is 11.7. The molecule has 20 heavy (non-hydrogen) atoms. The number of carbonyl (C=O) groups excluding carboxylic acids is 1. The predicted octanol–water partition coefficient (Wildman–Crippen LogP) is 2.23. The fraction of sp³-hybridized carbons (Fsp3) is 0.571. The molecular weight excluding hydrogens is 260 g/mol. The lowest BCUT2D eigenvalue weighted by atomic mass is 9.85. The summed E-state index contributed by atoms with van der Waals surface area (Å²) in [6, 6.07) is 1.28. The van der Waals surface area contributed by atoms with Gasteiger partial charge in [0, 0.05) is 13.6 Å². The number of nitrogens with one attached hydrogen (secondary N) is 1. The van der Waals surface area contributed by atoms with Gasteiger partial charge in [-0.05, 0) is 31.7 Å². The zero-order valence-electron chi connectivity index (χ0n) is 11.8. The molecule has 0 saturated heterocycles. The Kier molecular flexibility index (Phi) is 4.32. The van der Waals surface area contributed by atoms with Gasteiger partial charge in [0.1, 0.15) is 17.1 Å². The molecule has 0 spiro atoms. The first-order valence-corrected chi connectivity index (χ1v) is 6.79. The molecule has 2 amide bonds. The molecule has 0 bridgehead atoms. The first-order chi connectivity index (χ1) is 9.47. The van der Waals surface area contributed by atoms with Crippen molar-refractivity contribution in [1.29, 1.82) is 0 Å². The van der Waals surface area contributed by atoms with Crippen molar-refractivity contribution in [1.82, 2.24) is 10.2 Å². The lowest BCUT2D eigenvalue weighted by Crippen LogP contribution is -2.40. The number of rotatable bonds is 5. The minimum atomic E-state index is -1.02. The summed E-state index contributed by atoms with van der Waals surface area (Å²) >= 11 is 0. The second-order valence-corrected chi connectivity index (χ2v) is 5.32. The molecule has 1 aliphatic rings. The standard InChI is InChI=1S/C14H20N2O4/c1-9-12(13(17)18)6-11(20-9)7-15-14(19)16(2)8-10-4-3-5-10/h6,10H,3-5,7-8H2,1-2H3,(H,15,19)(H,17,18). The molecule has 6 heteroatoms. The monoisotopic (exact) mass is 280 g/mol. The zero-order chi connectivity index (χ0) is 14.7. The van der Waals surface area contributed by atoms with Crippen molar-refractivity contribution < 1.29 is 19.1 Å². The van der Waals surface area contributed by atoms with Crippen LogP contribution in [-0.4, -0.2) is 35.6 Å². The van der Waals surface area contributed by atoms with Gasteiger partial charge in [-0.1, -0.05) is 6.42 Å². The molecule has 0 aromatic carbocycles. The number of carboxylic acid groups (broad SMARTS) is 1. The molecule has 0 unspecified atom stereocenters. The van der Waals surface area contributed by atoms with Gasteiger partial charge in [0.2, 0.25) is 0 Å². The highest BCUT2D eigenvalue weighted by Crippen LogP contribution is 2.26. The van der Waals surface area contributed by atoms with Crippen molar-refractivity contribution in [3.05, 3.63) is 23.2 Å². The van der Waals surface area contributed by atoms with Crippen LogP contribution >= 0.6 is 0 Å². The summed E-state index contributed by atoms with van der Waals surface area (Å²) in [5.74, 6) is 0.399. The summed E-state index contributed by atoms with van der Waals surface area (Å²) < 4.78 is 5.31. The molecule has 110 valence electrons. The third kappa shape index (κ3) is 3.31. The minimum Gasteiger partial charge on any atom is -0.478 e. The smallest absolute Gasteiger partial charge is 0.339 e. The van der Waals surface area contributed by atoms with Crippen molar-refractivity contribution in [2.24, 2.45) is 5.92 Å². The average Bonchev–Trinajstić information content (AvgIpc) is 2.72. The van der Waals surface area contributed by atoms with E-state index in [0.29, 0.717) is 17.4 Å². The molecule has 0 atom stereocenters. The Morgan fingerprint density at radius 3 is 2.70 bits per heavy atom. The topological polar surface area (TPSA) is 82.8 Å². The number of carbonyl (C=O) groups is 2. The maximum absolute atomic E-state index is 11.9. The number of hydrogen-bond acceptors (Lipinski definition) is 3. The quantitative estimate of drug-likeness (QED) is 0.866. The summed E-state index contributed by atoms with van der Waals surface area (Å²) in [6.45, 7) is 2.56. The molecular formula is C14H20N2O4. The van der Waals surface area contributed by atoms with Crippen LogP contribution in [0.1, 0.15) is 41.1 Å². The second kappa shape index (κ2) is 5.98. The van der Waals surface area contributed by atoms with Crippen LogP contribution in [0.3, 0.4) is 0 Å². The van der Waals surface area contributed by atoms with Crippen molar-refractivity contribution in [3.63, 3.8) is 0 Å². The molecule has 1 saturated carbocycles. The first kappa shape index (κ1) is 14.4. The van der Waals surface area contributed by atoms with Gasteiger partial charge < -0.3 is 19.7 Å². The Hall–Kier alpha value is -1.98. The summed E-state index contributed by atoms with van der Waals surface area (Å²) in [6.07, 6.45) is 3.64. The summed E-state index contributed by atoms with van der Waals surface area (Å²) in [4.78, 5) is 24.4. The number of furan rings is 1. The van der Waals surface area contributed by atoms with Crippen LogP contribution in [-0.2, 0) is 6.54 Å². The van der Waals surface area contributed by atoms with E-state index < -0.39 is 5.97 Å². The number of aromatic carboxylic acids is 1. The summed E-state index contributed by atoms with van der Waals surface area (Å²) in [5.41, 5.74) is 0.136. The molecule has 0 aliphatic heterocycles. The maximum Gasteiger partial charge on any atom is 0.339 e. The van der Waals surface area contributed by atoms with E-state index in [2.05, 4.69) is 5.32 Å². The third-order valence-electron chi connectivity index (χ3n) is 3.72. The van der Waals surface area contributed by atoms with Crippen molar-refractivity contribution >= 4 is 12.0 Å². The molecule has 1 aromatic heterocycles. The molecule has 1 aliphatic carbocycles. The van der Waals surface area contributed by atoms with Gasteiger partial charge in [-0.2, -0.15) is 0 Å². The highest BCUT2D eigenvalue weighted by atomic mass is 16.4. The largest absolute Gasteiger partial charge is 0.478 e. The van der Waals surface area contributed by atoms with E-state index in [1.807, 2.05) is 0 Å². The van der Waals surface area contributed by atoms with E-state index in [4.69, 9.17) is 9.52 Å². The van der Waals surface area contributed by atoms with Gasteiger partial charge in [-0.15, -0.1) is 0 Å². The van der Waals surface area contributed by atoms with E-state index in [-0.39, 0.29) is 18.1 Å². The van der Waals surface area contributed by atoms with Crippen molar-refractivity contribution in [3.8, 4) is 0 Å². The van der Waals surface area contributed by atoms with Gasteiger partial charge in [-0.3, -0.25) is 0 Å². The van der Waals surface area contributed by atoms with Gasteiger partial charge in [0.05, 0.1) is 6.54 Å². The normalized spacial score (nSPS) is 14.7. The molecule has 6 nitrogen and oxygen atoms in total. The Bertz CT molecular complexity index is 505. The van der Waals surface area contributed by atoms with Gasteiger partial charge in [-0.25, -0.2) is 9.59 Å². The minimum absolute atomic E-state index is 0.136. The van der Waals surface area contributed by atoms with Crippen molar-refractivity contribution in [2.45, 2.75) is 32.7 Å². The van der Waals surface area contributed by atoms with E-state index in [9.17, 15) is 9.59 Å². The molecule has 2 N–H and O–H groups in total. The molecule has 1 fully saturated rings. The predicted molar refractivity (Wildman–Crippen MR) is 72.6 cm³/mol. The number of amides is 2. The highest BCUT2D eigenvalue weighted by Gasteiger charge is 2.21. The van der Waals surface area contributed by atoms with Crippen molar-refractivity contribution in [2.75, 3.05) is 13.6 Å². The number of hydrogen-bond donors (Lipinski definition) is 2. The van der Waals surface area contributed by atoms with Crippen LogP contribution in [0.5, 0.6) is 0 Å². The maximum atomic E-state index is 11.9. The third-order valence-corrected chi connectivity index (χ3v) is 3.72. The second-order valence-electron chi connectivity index (χ2n) is 5.32. The van der Waals surface area contributed by atoms with Gasteiger partial charge in [0.25, 0.3) is 0 Å². The van der Waals surface area contributed by atoms with Crippen LogP contribution in [0.2, 0.25) is 0 Å². The first-order valence-electron chi connectivity index (χ1n) is 6.79. The van der Waals surface area contributed by atoms with Gasteiger partial charge in [0.15, 0.2) is 0 Å². The highest BCUT2D eigenvalue weighted by molar-refractivity contribution is 5.88. The Balaban J connectivity index is 1.83. The fourth-order valence-electron chi connectivity index (χ4n) is 2.29. The summed E-state index contributed by atoms with van der Waals surface area (Å²) in [7, 11) is 1.77. The molecule has 2 rings (SSSR count). The number of aryl methyl sites for hydroxylation is 1. The average molecular weight is 280 g/mol. The van der Waals surface area contributed by atoms with Gasteiger partial charge >= 0.3 is 12.0 Å². The Labute approximate surface area is 117 Å². The number of urea groups is 1. The zero-order valence-corrected chi connectivity index (χ0v) is 11.8. The van der Waals surface area contributed by atoms with E-state index in [1.165, 1.54) is 25.3 Å². The van der Waals surface area contributed by atoms with E-state index in [1.54, 1.807) is 18.9 Å². The SMILES string of the molecule is Cc1oc(CNC(=O)N(C)CC2CCC2)cc1C(=O)O. The fourth-order valence-corrected chi connectivity index (χ4v) is 2.29. The lowest BCUT2D eigenvalue weighted by Gasteiger charge is -2.30. The molecule has 1 heterocycles. The Morgan fingerprint density at radius 1 is 1.50 bits per heavy atom. The van der Waals surface area contributed by atoms with Crippen LogP contribution in [0.4, 0.5) is 4.79 Å². The molecule has 0 radical (unpaired) electrons. The van der Waals surface area contributed by atoms with Crippen LogP contribution in [0.15, 0.2) is 10.5 Å². The van der Waals surface area contributed by atoms with Crippen LogP contribution in [0, 0.1) is 12.8 Å². The lowest BCUT2D eigenvalue weighted by molar-refractivity contribution is 0.0695. The Morgan fingerprint density at radius 2 is 2.20 bits per heavy atom. The van der Waals surface area contributed by atoms with Crippen LogP contribution in [0.25, 0.3) is 0 Å².